The number of benzene rings is 3. The molecule has 6 heteroatoms. The second-order valence-corrected chi connectivity index (χ2v) is 7.38. The van der Waals surface area contributed by atoms with E-state index >= 15 is 0 Å². The maximum Gasteiger partial charge on any atom is 0.244 e. The van der Waals surface area contributed by atoms with Crippen LogP contribution < -0.4 is 10.1 Å². The van der Waals surface area contributed by atoms with Crippen LogP contribution in [0.2, 0.25) is 0 Å². The van der Waals surface area contributed by atoms with Crippen LogP contribution in [0.5, 0.6) is 5.75 Å². The molecule has 1 amide bonds. The quantitative estimate of drug-likeness (QED) is 0.374. The fraction of sp³-hybridized carbons (Fsp3) is 0.115. The van der Waals surface area contributed by atoms with E-state index in [0.29, 0.717) is 16.9 Å². The molecule has 0 saturated carbocycles. The molecule has 32 heavy (non-hydrogen) atoms. The summed E-state index contributed by atoms with van der Waals surface area (Å²) in [5.41, 5.74) is 4.50. The van der Waals surface area contributed by atoms with Crippen LogP contribution in [0.15, 0.2) is 77.4 Å². The molecule has 0 atom stereocenters. The number of nitrogens with one attached hydrogen (secondary N) is 1. The maximum atomic E-state index is 13.3. The molecule has 0 aliphatic rings. The van der Waals surface area contributed by atoms with Gasteiger partial charge < -0.3 is 14.5 Å². The number of hydrogen-bond donors (Lipinski definition) is 1. The number of amides is 1. The molecule has 4 rings (SSSR count). The van der Waals surface area contributed by atoms with Crippen molar-refractivity contribution < 1.29 is 22.7 Å². The molecule has 1 heterocycles. The fourth-order valence-corrected chi connectivity index (χ4v) is 3.50. The first-order chi connectivity index (χ1) is 15.4. The van der Waals surface area contributed by atoms with E-state index in [1.54, 1.807) is 43.7 Å². The standard InChI is InChI=1S/C26H21F2NO3/c1-16(11-26(30)29-14-17-3-7-19(27)8-4-17)21-12-22-23(18-5-9-20(28)10-6-18)15-32-25(22)13-24(21)31-2/h3-13,15H,14H2,1-2H3,(H,29,30)/b16-11+. The van der Waals surface area contributed by atoms with Crippen molar-refractivity contribution in [2.24, 2.45) is 0 Å². The number of hydrogen-bond acceptors (Lipinski definition) is 3. The molecule has 0 aliphatic heterocycles. The minimum atomic E-state index is -0.322. The van der Waals surface area contributed by atoms with E-state index in [1.165, 1.54) is 30.3 Å². The third kappa shape index (κ3) is 4.54. The van der Waals surface area contributed by atoms with Gasteiger partial charge in [-0.2, -0.15) is 0 Å². The zero-order chi connectivity index (χ0) is 22.7. The smallest absolute Gasteiger partial charge is 0.244 e. The fourth-order valence-electron chi connectivity index (χ4n) is 3.50. The van der Waals surface area contributed by atoms with Crippen LogP contribution in [-0.2, 0) is 11.3 Å². The summed E-state index contributed by atoms with van der Waals surface area (Å²) in [4.78, 5) is 12.4. The second kappa shape index (κ2) is 9.06. The van der Waals surface area contributed by atoms with Gasteiger partial charge in [0.05, 0.1) is 13.4 Å². The molecule has 4 aromatic rings. The highest BCUT2D eigenvalue weighted by Gasteiger charge is 2.15. The second-order valence-electron chi connectivity index (χ2n) is 7.38. The number of rotatable bonds is 6. The van der Waals surface area contributed by atoms with Crippen molar-refractivity contribution >= 4 is 22.4 Å². The van der Waals surface area contributed by atoms with Crippen molar-refractivity contribution in [2.45, 2.75) is 13.5 Å². The van der Waals surface area contributed by atoms with E-state index in [0.717, 1.165) is 27.6 Å². The van der Waals surface area contributed by atoms with Crippen LogP contribution >= 0.6 is 0 Å². The summed E-state index contributed by atoms with van der Waals surface area (Å²) in [6.07, 6.45) is 3.11. The molecular weight excluding hydrogens is 412 g/mol. The summed E-state index contributed by atoms with van der Waals surface area (Å²) < 4.78 is 37.5. The van der Waals surface area contributed by atoms with Crippen LogP contribution in [0.25, 0.3) is 27.7 Å². The lowest BCUT2D eigenvalue weighted by molar-refractivity contribution is -0.116. The molecular formula is C26H21F2NO3. The monoisotopic (exact) mass is 433 g/mol. The van der Waals surface area contributed by atoms with Gasteiger partial charge in [-0.15, -0.1) is 0 Å². The number of fused-ring (bicyclic) bond motifs is 1. The largest absolute Gasteiger partial charge is 0.496 e. The Morgan fingerprint density at radius 2 is 1.69 bits per heavy atom. The zero-order valence-electron chi connectivity index (χ0n) is 17.6. The molecule has 1 N–H and O–H groups in total. The number of carbonyl (C=O) groups excluding carboxylic acids is 1. The molecule has 0 spiro atoms. The van der Waals surface area contributed by atoms with Crippen molar-refractivity contribution in [1.29, 1.82) is 0 Å². The van der Waals surface area contributed by atoms with Gasteiger partial charge in [0.15, 0.2) is 0 Å². The van der Waals surface area contributed by atoms with Gasteiger partial charge in [0, 0.05) is 35.2 Å². The lowest BCUT2D eigenvalue weighted by atomic mass is 9.99. The molecule has 162 valence electrons. The van der Waals surface area contributed by atoms with Crippen LogP contribution in [0, 0.1) is 11.6 Å². The van der Waals surface area contributed by atoms with Crippen LogP contribution in [-0.4, -0.2) is 13.0 Å². The Morgan fingerprint density at radius 1 is 1.03 bits per heavy atom. The Labute approximate surface area is 184 Å². The molecule has 0 fully saturated rings. The lowest BCUT2D eigenvalue weighted by Gasteiger charge is -2.10. The highest BCUT2D eigenvalue weighted by molar-refractivity contribution is 6.00. The minimum Gasteiger partial charge on any atom is -0.496 e. The Balaban J connectivity index is 1.62. The summed E-state index contributed by atoms with van der Waals surface area (Å²) in [5, 5.41) is 3.62. The average Bonchev–Trinajstić information content (AvgIpc) is 3.21. The topological polar surface area (TPSA) is 51.5 Å². The van der Waals surface area contributed by atoms with Crippen molar-refractivity contribution in [1.82, 2.24) is 5.32 Å². The molecule has 0 unspecified atom stereocenters. The molecule has 0 bridgehead atoms. The van der Waals surface area contributed by atoms with Gasteiger partial charge in [-0.05, 0) is 54.0 Å². The summed E-state index contributed by atoms with van der Waals surface area (Å²) in [6, 6.07) is 15.8. The Hall–Kier alpha value is -3.93. The highest BCUT2D eigenvalue weighted by atomic mass is 19.1. The molecule has 0 aliphatic carbocycles. The third-order valence-electron chi connectivity index (χ3n) is 5.20. The third-order valence-corrected chi connectivity index (χ3v) is 5.20. The predicted octanol–water partition coefficient (Wildman–Crippen LogP) is 6.11. The Kier molecular flexibility index (Phi) is 6.03. The normalized spacial score (nSPS) is 11.6. The van der Waals surface area contributed by atoms with Gasteiger partial charge in [-0.1, -0.05) is 24.3 Å². The number of methoxy groups -OCH3 is 1. The van der Waals surface area contributed by atoms with Gasteiger partial charge in [0.1, 0.15) is 23.0 Å². The Bertz CT molecular complexity index is 1290. The summed E-state index contributed by atoms with van der Waals surface area (Å²) in [5.74, 6) is -0.343. The zero-order valence-corrected chi connectivity index (χ0v) is 17.6. The SMILES string of the molecule is COc1cc2occ(-c3ccc(F)cc3)c2cc1/C(C)=C/C(=O)NCc1ccc(F)cc1. The van der Waals surface area contributed by atoms with Crippen LogP contribution in [0.3, 0.4) is 0 Å². The van der Waals surface area contributed by atoms with Crippen molar-refractivity contribution in [3.05, 3.63) is 95.8 Å². The van der Waals surface area contributed by atoms with Gasteiger partial charge in [0.2, 0.25) is 5.91 Å². The van der Waals surface area contributed by atoms with E-state index < -0.39 is 0 Å². The number of halogens is 2. The first-order valence-electron chi connectivity index (χ1n) is 10.0. The predicted molar refractivity (Wildman–Crippen MR) is 120 cm³/mol. The first kappa shape index (κ1) is 21.3. The maximum absolute atomic E-state index is 13.3. The van der Waals surface area contributed by atoms with E-state index in [1.807, 2.05) is 13.0 Å². The number of ether oxygens (including phenoxy) is 1. The summed E-state index contributed by atoms with van der Waals surface area (Å²) in [7, 11) is 1.55. The molecule has 1 aromatic heterocycles. The first-order valence-corrected chi connectivity index (χ1v) is 10.0. The highest BCUT2D eigenvalue weighted by Crippen LogP contribution is 2.37. The molecule has 0 radical (unpaired) electrons. The van der Waals surface area contributed by atoms with Crippen molar-refractivity contribution in [2.75, 3.05) is 7.11 Å². The van der Waals surface area contributed by atoms with Crippen LogP contribution in [0.4, 0.5) is 8.78 Å². The van der Waals surface area contributed by atoms with Gasteiger partial charge >= 0.3 is 0 Å². The van der Waals surface area contributed by atoms with Crippen molar-refractivity contribution in [3.63, 3.8) is 0 Å². The number of carbonyl (C=O) groups is 1. The average molecular weight is 433 g/mol. The van der Waals surface area contributed by atoms with E-state index in [2.05, 4.69) is 5.32 Å². The number of allylic oxidation sites excluding steroid dienone is 1. The minimum absolute atomic E-state index is 0.278. The lowest BCUT2D eigenvalue weighted by Crippen LogP contribution is -2.20. The number of furan rings is 1. The van der Waals surface area contributed by atoms with Gasteiger partial charge in [0.25, 0.3) is 0 Å². The van der Waals surface area contributed by atoms with Gasteiger partial charge in [-0.3, -0.25) is 4.79 Å². The molecule has 0 saturated heterocycles. The molecule has 4 nitrogen and oxygen atoms in total. The van der Waals surface area contributed by atoms with Crippen LogP contribution in [0.1, 0.15) is 18.1 Å². The Morgan fingerprint density at radius 3 is 2.34 bits per heavy atom. The van der Waals surface area contributed by atoms with Gasteiger partial charge in [-0.25, -0.2) is 8.78 Å². The van der Waals surface area contributed by atoms with Crippen molar-refractivity contribution in [3.8, 4) is 16.9 Å². The molecule has 3 aromatic carbocycles. The van der Waals surface area contributed by atoms with E-state index in [9.17, 15) is 13.6 Å². The van der Waals surface area contributed by atoms with E-state index in [4.69, 9.17) is 9.15 Å². The summed E-state index contributed by atoms with van der Waals surface area (Å²) in [6.45, 7) is 2.11. The van der Waals surface area contributed by atoms with E-state index in [-0.39, 0.29) is 24.1 Å². The summed E-state index contributed by atoms with van der Waals surface area (Å²) >= 11 is 0.